The number of methoxy groups -OCH3 is 1. The van der Waals surface area contributed by atoms with Crippen LogP contribution >= 0.6 is 0 Å². The molecule has 0 atom stereocenters. The summed E-state index contributed by atoms with van der Waals surface area (Å²) in [5.74, 6) is 0.919. The van der Waals surface area contributed by atoms with Crippen molar-refractivity contribution in [2.75, 3.05) is 20.3 Å². The molecule has 0 aliphatic rings. The summed E-state index contributed by atoms with van der Waals surface area (Å²) in [6.45, 7) is 10.0. The first kappa shape index (κ1) is 13.0. The fraction of sp³-hybridized carbons (Fsp3) is 0.571. The molecule has 0 amide bonds. The van der Waals surface area contributed by atoms with Gasteiger partial charge in [-0.2, -0.15) is 0 Å². The van der Waals surface area contributed by atoms with Gasteiger partial charge in [0.25, 0.3) is 0 Å². The van der Waals surface area contributed by atoms with Crippen molar-refractivity contribution in [3.8, 4) is 5.75 Å². The van der Waals surface area contributed by atoms with E-state index in [2.05, 4.69) is 39.8 Å². The van der Waals surface area contributed by atoms with Gasteiger partial charge in [-0.3, -0.25) is 0 Å². The Morgan fingerprint density at radius 2 is 1.81 bits per heavy atom. The largest absolute Gasteiger partial charge is 0.491 e. The fourth-order valence-electron chi connectivity index (χ4n) is 1.81. The molecule has 0 saturated heterocycles. The zero-order valence-corrected chi connectivity index (χ0v) is 11.0. The number of ether oxygens (including phenoxy) is 2. The Hall–Kier alpha value is -1.02. The lowest BCUT2D eigenvalue weighted by molar-refractivity contribution is 0.146. The zero-order valence-electron chi connectivity index (χ0n) is 11.0. The Balaban J connectivity index is 2.75. The lowest BCUT2D eigenvalue weighted by Crippen LogP contribution is -2.13. The van der Waals surface area contributed by atoms with Crippen molar-refractivity contribution in [1.29, 1.82) is 0 Å². The van der Waals surface area contributed by atoms with Crippen LogP contribution in [-0.4, -0.2) is 20.3 Å². The van der Waals surface area contributed by atoms with Gasteiger partial charge in [0.15, 0.2) is 0 Å². The molecular weight excluding hydrogens is 200 g/mol. The molecule has 0 bridgehead atoms. The van der Waals surface area contributed by atoms with E-state index in [1.807, 2.05) is 6.07 Å². The highest BCUT2D eigenvalue weighted by molar-refractivity contribution is 5.38. The van der Waals surface area contributed by atoms with Gasteiger partial charge in [-0.05, 0) is 35.6 Å². The maximum atomic E-state index is 5.57. The van der Waals surface area contributed by atoms with Crippen LogP contribution in [0.5, 0.6) is 5.75 Å². The predicted molar refractivity (Wildman–Crippen MR) is 67.3 cm³/mol. The molecule has 0 fully saturated rings. The zero-order chi connectivity index (χ0) is 12.2. The van der Waals surface area contributed by atoms with E-state index in [1.54, 1.807) is 7.11 Å². The van der Waals surface area contributed by atoms with E-state index < -0.39 is 0 Å². The molecule has 0 aliphatic heterocycles. The molecule has 0 radical (unpaired) electrons. The number of hydrogen-bond donors (Lipinski definition) is 0. The average molecular weight is 222 g/mol. The van der Waals surface area contributed by atoms with Crippen LogP contribution in [0.15, 0.2) is 18.2 Å². The summed E-state index contributed by atoms with van der Waals surface area (Å²) in [5, 5.41) is 0. The molecule has 0 aromatic heterocycles. The summed E-state index contributed by atoms with van der Waals surface area (Å²) in [6.07, 6.45) is 0. The SMILES string of the molecule is COCCOc1ccc(C(C)(C)C)c(C)c1. The molecule has 16 heavy (non-hydrogen) atoms. The molecule has 90 valence electrons. The number of rotatable bonds is 4. The molecule has 0 aliphatic carbocycles. The number of hydrogen-bond acceptors (Lipinski definition) is 2. The molecule has 0 spiro atoms. The van der Waals surface area contributed by atoms with Gasteiger partial charge in [-0.1, -0.05) is 26.8 Å². The lowest BCUT2D eigenvalue weighted by atomic mass is 9.84. The second-order valence-corrected chi connectivity index (χ2v) is 5.07. The summed E-state index contributed by atoms with van der Waals surface area (Å²) >= 11 is 0. The molecular formula is C14H22O2. The van der Waals surface area contributed by atoms with Gasteiger partial charge < -0.3 is 9.47 Å². The van der Waals surface area contributed by atoms with Crippen molar-refractivity contribution < 1.29 is 9.47 Å². The molecule has 0 N–H and O–H groups in total. The minimum Gasteiger partial charge on any atom is -0.491 e. The van der Waals surface area contributed by atoms with E-state index in [0.29, 0.717) is 13.2 Å². The summed E-state index contributed by atoms with van der Waals surface area (Å²) in [6, 6.07) is 6.27. The molecule has 2 heteroatoms. The minimum atomic E-state index is 0.190. The average Bonchev–Trinajstić information content (AvgIpc) is 2.16. The van der Waals surface area contributed by atoms with E-state index in [1.165, 1.54) is 11.1 Å². The second-order valence-electron chi connectivity index (χ2n) is 5.07. The first-order valence-corrected chi connectivity index (χ1v) is 5.68. The third-order valence-electron chi connectivity index (χ3n) is 2.56. The van der Waals surface area contributed by atoms with Crippen molar-refractivity contribution in [3.63, 3.8) is 0 Å². The van der Waals surface area contributed by atoms with Gasteiger partial charge in [-0.15, -0.1) is 0 Å². The number of aryl methyl sites for hydroxylation is 1. The van der Waals surface area contributed by atoms with Gasteiger partial charge in [0.05, 0.1) is 6.61 Å². The van der Waals surface area contributed by atoms with Crippen molar-refractivity contribution in [3.05, 3.63) is 29.3 Å². The summed E-state index contributed by atoms with van der Waals surface area (Å²) in [5.41, 5.74) is 2.84. The summed E-state index contributed by atoms with van der Waals surface area (Å²) in [4.78, 5) is 0. The first-order valence-electron chi connectivity index (χ1n) is 5.68. The minimum absolute atomic E-state index is 0.190. The molecule has 0 heterocycles. The van der Waals surface area contributed by atoms with Gasteiger partial charge in [0, 0.05) is 7.11 Å². The van der Waals surface area contributed by atoms with Crippen LogP contribution in [0.3, 0.4) is 0 Å². The van der Waals surface area contributed by atoms with E-state index in [4.69, 9.17) is 9.47 Å². The van der Waals surface area contributed by atoms with Gasteiger partial charge >= 0.3 is 0 Å². The van der Waals surface area contributed by atoms with Crippen molar-refractivity contribution in [1.82, 2.24) is 0 Å². The number of benzene rings is 1. The molecule has 2 nitrogen and oxygen atoms in total. The maximum Gasteiger partial charge on any atom is 0.119 e. The summed E-state index contributed by atoms with van der Waals surface area (Å²) < 4.78 is 10.5. The van der Waals surface area contributed by atoms with Crippen LogP contribution < -0.4 is 4.74 Å². The van der Waals surface area contributed by atoms with Crippen LogP contribution in [0.4, 0.5) is 0 Å². The standard InChI is InChI=1S/C14H22O2/c1-11-10-12(16-9-8-15-5)6-7-13(11)14(2,3)4/h6-7,10H,8-9H2,1-5H3. The van der Waals surface area contributed by atoms with E-state index in [9.17, 15) is 0 Å². The first-order chi connectivity index (χ1) is 7.45. The van der Waals surface area contributed by atoms with E-state index in [0.717, 1.165) is 5.75 Å². The Morgan fingerprint density at radius 3 is 2.31 bits per heavy atom. The van der Waals surface area contributed by atoms with Gasteiger partial charge in [-0.25, -0.2) is 0 Å². The molecule has 1 aromatic rings. The Kier molecular flexibility index (Phi) is 4.36. The Labute approximate surface area is 98.6 Å². The predicted octanol–water partition coefficient (Wildman–Crippen LogP) is 3.32. The highest BCUT2D eigenvalue weighted by Crippen LogP contribution is 2.28. The highest BCUT2D eigenvalue weighted by atomic mass is 16.5. The van der Waals surface area contributed by atoms with Crippen LogP contribution in [0.2, 0.25) is 0 Å². The molecule has 1 aromatic carbocycles. The Morgan fingerprint density at radius 1 is 1.12 bits per heavy atom. The smallest absolute Gasteiger partial charge is 0.119 e. The lowest BCUT2D eigenvalue weighted by Gasteiger charge is -2.22. The van der Waals surface area contributed by atoms with Crippen LogP contribution in [0.1, 0.15) is 31.9 Å². The van der Waals surface area contributed by atoms with Crippen molar-refractivity contribution in [2.24, 2.45) is 0 Å². The van der Waals surface area contributed by atoms with Crippen LogP contribution in [0.25, 0.3) is 0 Å². The Bertz CT molecular complexity index is 337. The quantitative estimate of drug-likeness (QED) is 0.728. The molecule has 1 rings (SSSR count). The molecule has 0 unspecified atom stereocenters. The molecule has 0 saturated carbocycles. The summed E-state index contributed by atoms with van der Waals surface area (Å²) in [7, 11) is 1.68. The fourth-order valence-corrected chi connectivity index (χ4v) is 1.81. The van der Waals surface area contributed by atoms with Crippen LogP contribution in [-0.2, 0) is 10.2 Å². The third kappa shape index (κ3) is 3.53. The third-order valence-corrected chi connectivity index (χ3v) is 2.56. The van der Waals surface area contributed by atoms with Crippen LogP contribution in [0, 0.1) is 6.92 Å². The van der Waals surface area contributed by atoms with Gasteiger partial charge in [0.2, 0.25) is 0 Å². The normalized spacial score (nSPS) is 11.6. The van der Waals surface area contributed by atoms with E-state index in [-0.39, 0.29) is 5.41 Å². The van der Waals surface area contributed by atoms with Gasteiger partial charge in [0.1, 0.15) is 12.4 Å². The van der Waals surface area contributed by atoms with Crippen molar-refractivity contribution in [2.45, 2.75) is 33.1 Å². The maximum absolute atomic E-state index is 5.57. The highest BCUT2D eigenvalue weighted by Gasteiger charge is 2.16. The topological polar surface area (TPSA) is 18.5 Å². The van der Waals surface area contributed by atoms with E-state index >= 15 is 0 Å². The monoisotopic (exact) mass is 222 g/mol. The van der Waals surface area contributed by atoms with Crippen molar-refractivity contribution >= 4 is 0 Å². The second kappa shape index (κ2) is 5.35.